The van der Waals surface area contributed by atoms with E-state index >= 15 is 0 Å². The number of nitrogen functional groups attached to an aromatic ring is 2. The highest BCUT2D eigenvalue weighted by molar-refractivity contribution is 5.81. The first kappa shape index (κ1) is 19.0. The number of methoxy groups -OCH3 is 4. The Morgan fingerprint density at radius 3 is 1.71 bits per heavy atom. The number of aldehydes is 1. The first-order valence-corrected chi connectivity index (χ1v) is 6.94. The SMILES string of the molecule is COc1cc(N)cc(OC)c1OC.COc1ccc(N)cc1C=O. The zero-order chi connectivity index (χ0) is 18.1. The summed E-state index contributed by atoms with van der Waals surface area (Å²) >= 11 is 0. The normalized spacial score (nSPS) is 9.33. The molecule has 0 aliphatic carbocycles. The van der Waals surface area contributed by atoms with Crippen LogP contribution >= 0.6 is 0 Å². The van der Waals surface area contributed by atoms with Gasteiger partial charge in [0.2, 0.25) is 5.75 Å². The van der Waals surface area contributed by atoms with Gasteiger partial charge < -0.3 is 30.4 Å². The van der Waals surface area contributed by atoms with Gasteiger partial charge in [-0.2, -0.15) is 0 Å². The fourth-order valence-corrected chi connectivity index (χ4v) is 1.95. The molecule has 7 nitrogen and oxygen atoms in total. The van der Waals surface area contributed by atoms with Gasteiger partial charge in [0.05, 0.1) is 34.0 Å². The summed E-state index contributed by atoms with van der Waals surface area (Å²) in [6, 6.07) is 8.29. The van der Waals surface area contributed by atoms with Crippen molar-refractivity contribution in [3.8, 4) is 23.0 Å². The van der Waals surface area contributed by atoms with E-state index in [0.29, 0.717) is 39.9 Å². The van der Waals surface area contributed by atoms with Crippen LogP contribution in [0.5, 0.6) is 23.0 Å². The Kier molecular flexibility index (Phi) is 7.22. The molecule has 0 spiro atoms. The lowest BCUT2D eigenvalue weighted by atomic mass is 10.2. The van der Waals surface area contributed by atoms with Crippen molar-refractivity contribution < 1.29 is 23.7 Å². The van der Waals surface area contributed by atoms with E-state index in [9.17, 15) is 4.79 Å². The Bertz CT molecular complexity index is 664. The second-order valence-electron chi connectivity index (χ2n) is 4.58. The van der Waals surface area contributed by atoms with Crippen molar-refractivity contribution in [3.05, 3.63) is 35.9 Å². The van der Waals surface area contributed by atoms with Gasteiger partial charge in [0.15, 0.2) is 17.8 Å². The molecule has 0 atom stereocenters. The van der Waals surface area contributed by atoms with E-state index in [-0.39, 0.29) is 0 Å². The quantitative estimate of drug-likeness (QED) is 0.638. The molecule has 0 aromatic heterocycles. The number of rotatable bonds is 5. The molecule has 0 saturated carbocycles. The highest BCUT2D eigenvalue weighted by Gasteiger charge is 2.11. The maximum absolute atomic E-state index is 10.4. The van der Waals surface area contributed by atoms with Crippen LogP contribution in [0.25, 0.3) is 0 Å². The van der Waals surface area contributed by atoms with Crippen molar-refractivity contribution >= 4 is 17.7 Å². The van der Waals surface area contributed by atoms with Crippen LogP contribution in [0.15, 0.2) is 30.3 Å². The summed E-state index contributed by atoms with van der Waals surface area (Å²) in [6.07, 6.45) is 0.717. The first-order valence-electron chi connectivity index (χ1n) is 6.94. The minimum atomic E-state index is 0.479. The largest absolute Gasteiger partial charge is 0.496 e. The van der Waals surface area contributed by atoms with Crippen LogP contribution in [-0.2, 0) is 0 Å². The molecule has 0 aliphatic rings. The third-order valence-corrected chi connectivity index (χ3v) is 3.07. The summed E-state index contributed by atoms with van der Waals surface area (Å²) in [5.41, 5.74) is 12.7. The molecular weight excluding hydrogens is 312 g/mol. The van der Waals surface area contributed by atoms with Gasteiger partial charge in [0.25, 0.3) is 0 Å². The minimum Gasteiger partial charge on any atom is -0.496 e. The summed E-state index contributed by atoms with van der Waals surface area (Å²) in [4.78, 5) is 10.4. The van der Waals surface area contributed by atoms with E-state index < -0.39 is 0 Å². The van der Waals surface area contributed by atoms with E-state index in [1.807, 2.05) is 0 Å². The lowest BCUT2D eigenvalue weighted by Crippen LogP contribution is -1.96. The standard InChI is InChI=1S/C9H13NO3.C8H9NO2/c1-11-7-4-6(10)5-8(12-2)9(7)13-3;1-11-8-3-2-7(9)4-6(8)5-10/h4-5H,10H2,1-3H3;2-5H,9H2,1H3. The van der Waals surface area contributed by atoms with E-state index in [2.05, 4.69) is 0 Å². The Morgan fingerprint density at radius 2 is 1.29 bits per heavy atom. The molecule has 2 aromatic rings. The lowest BCUT2D eigenvalue weighted by Gasteiger charge is -2.12. The van der Waals surface area contributed by atoms with Gasteiger partial charge in [-0.1, -0.05) is 0 Å². The predicted octanol–water partition coefficient (Wildman–Crippen LogP) is 2.38. The van der Waals surface area contributed by atoms with Crippen molar-refractivity contribution in [2.75, 3.05) is 39.9 Å². The van der Waals surface area contributed by atoms with Gasteiger partial charge in [0, 0.05) is 23.5 Å². The maximum atomic E-state index is 10.4. The van der Waals surface area contributed by atoms with Crippen molar-refractivity contribution in [1.82, 2.24) is 0 Å². The third-order valence-electron chi connectivity index (χ3n) is 3.07. The maximum Gasteiger partial charge on any atom is 0.203 e. The van der Waals surface area contributed by atoms with Gasteiger partial charge in [0.1, 0.15) is 5.75 Å². The third kappa shape index (κ3) is 4.70. The number of benzene rings is 2. The minimum absolute atomic E-state index is 0.479. The van der Waals surface area contributed by atoms with Crippen LogP contribution in [-0.4, -0.2) is 34.7 Å². The molecule has 130 valence electrons. The highest BCUT2D eigenvalue weighted by atomic mass is 16.5. The number of anilines is 2. The fraction of sp³-hybridized carbons (Fsp3) is 0.235. The van der Waals surface area contributed by atoms with Crippen molar-refractivity contribution in [2.24, 2.45) is 0 Å². The summed E-state index contributed by atoms with van der Waals surface area (Å²) in [5.74, 6) is 2.24. The average Bonchev–Trinajstić information content (AvgIpc) is 2.61. The molecular formula is C17H22N2O5. The second kappa shape index (κ2) is 9.14. The molecule has 0 unspecified atom stereocenters. The highest BCUT2D eigenvalue weighted by Crippen LogP contribution is 2.38. The molecule has 4 N–H and O–H groups in total. The van der Waals surface area contributed by atoms with E-state index in [0.717, 1.165) is 6.29 Å². The topological polar surface area (TPSA) is 106 Å². The molecule has 0 amide bonds. The van der Waals surface area contributed by atoms with Crippen LogP contribution < -0.4 is 30.4 Å². The number of hydrogen-bond acceptors (Lipinski definition) is 7. The lowest BCUT2D eigenvalue weighted by molar-refractivity contribution is 0.112. The second-order valence-corrected chi connectivity index (χ2v) is 4.58. The zero-order valence-electron chi connectivity index (χ0n) is 14.2. The van der Waals surface area contributed by atoms with Crippen LogP contribution in [0.4, 0.5) is 11.4 Å². The van der Waals surface area contributed by atoms with Gasteiger partial charge in [-0.25, -0.2) is 0 Å². The van der Waals surface area contributed by atoms with Crippen molar-refractivity contribution in [1.29, 1.82) is 0 Å². The van der Waals surface area contributed by atoms with Crippen molar-refractivity contribution in [3.63, 3.8) is 0 Å². The summed E-state index contributed by atoms with van der Waals surface area (Å²) in [6.45, 7) is 0. The molecule has 0 radical (unpaired) electrons. The van der Waals surface area contributed by atoms with E-state index in [1.54, 1.807) is 51.7 Å². The van der Waals surface area contributed by atoms with Crippen molar-refractivity contribution in [2.45, 2.75) is 0 Å². The molecule has 7 heteroatoms. The Labute approximate surface area is 141 Å². The van der Waals surface area contributed by atoms with E-state index in [4.69, 9.17) is 30.4 Å². The zero-order valence-corrected chi connectivity index (χ0v) is 14.2. The Balaban J connectivity index is 0.000000243. The smallest absolute Gasteiger partial charge is 0.203 e. The molecule has 0 heterocycles. The molecule has 0 aliphatic heterocycles. The summed E-state index contributed by atoms with van der Waals surface area (Å²) in [5, 5.41) is 0. The fourth-order valence-electron chi connectivity index (χ4n) is 1.95. The van der Waals surface area contributed by atoms with Crippen LogP contribution in [0, 0.1) is 0 Å². The molecule has 0 saturated heterocycles. The van der Waals surface area contributed by atoms with E-state index in [1.165, 1.54) is 7.11 Å². The molecule has 24 heavy (non-hydrogen) atoms. The average molecular weight is 334 g/mol. The molecule has 2 aromatic carbocycles. The summed E-state index contributed by atoms with van der Waals surface area (Å²) in [7, 11) is 6.17. The molecule has 0 fully saturated rings. The predicted molar refractivity (Wildman–Crippen MR) is 93.3 cm³/mol. The number of nitrogens with two attached hydrogens (primary N) is 2. The summed E-state index contributed by atoms with van der Waals surface area (Å²) < 4.78 is 20.2. The molecule has 0 bridgehead atoms. The monoisotopic (exact) mass is 334 g/mol. The number of hydrogen-bond donors (Lipinski definition) is 2. The number of carbonyl (C=O) groups is 1. The Hall–Kier alpha value is -3.09. The molecule has 2 rings (SSSR count). The van der Waals surface area contributed by atoms with Crippen LogP contribution in [0.1, 0.15) is 10.4 Å². The van der Waals surface area contributed by atoms with Crippen LogP contribution in [0.3, 0.4) is 0 Å². The van der Waals surface area contributed by atoms with Gasteiger partial charge in [-0.05, 0) is 18.2 Å². The van der Waals surface area contributed by atoms with Gasteiger partial charge >= 0.3 is 0 Å². The van der Waals surface area contributed by atoms with Gasteiger partial charge in [-0.15, -0.1) is 0 Å². The van der Waals surface area contributed by atoms with Crippen LogP contribution in [0.2, 0.25) is 0 Å². The number of ether oxygens (including phenoxy) is 4. The first-order chi connectivity index (χ1) is 11.5. The Morgan fingerprint density at radius 1 is 0.750 bits per heavy atom. The van der Waals surface area contributed by atoms with Gasteiger partial charge in [-0.3, -0.25) is 4.79 Å². The number of carbonyl (C=O) groups excluding carboxylic acids is 1.